The number of primary amides is 1. The van der Waals surface area contributed by atoms with Gasteiger partial charge in [-0.25, -0.2) is 8.93 Å². The Kier molecular flexibility index (Phi) is 4.57. The van der Waals surface area contributed by atoms with Crippen LogP contribution < -0.4 is 15.8 Å². The predicted molar refractivity (Wildman–Crippen MR) is 97.0 cm³/mol. The topological polar surface area (TPSA) is 84.2 Å². The molecule has 2 atom stereocenters. The smallest absolute Gasteiger partial charge is 0.248 e. The van der Waals surface area contributed by atoms with Crippen LogP contribution >= 0.6 is 0 Å². The number of amides is 1. The molecule has 0 radical (unpaired) electrons. The normalized spacial score (nSPS) is 23.9. The van der Waals surface area contributed by atoms with Gasteiger partial charge >= 0.3 is 0 Å². The monoisotopic (exact) mass is 349 g/mol. The number of benzene rings is 1. The summed E-state index contributed by atoms with van der Waals surface area (Å²) in [4.78, 5) is 11.6. The van der Waals surface area contributed by atoms with Crippen LogP contribution in [-0.2, 0) is 17.4 Å². The third-order valence-electron chi connectivity index (χ3n) is 5.28. The Labute approximate surface area is 146 Å². The summed E-state index contributed by atoms with van der Waals surface area (Å²) in [6.45, 7) is 7.86. The first kappa shape index (κ1) is 17.6. The maximum Gasteiger partial charge on any atom is 0.248 e. The summed E-state index contributed by atoms with van der Waals surface area (Å²) in [5.74, 6) is -0.417. The van der Waals surface area contributed by atoms with Crippen LogP contribution in [0.25, 0.3) is 0 Å². The molecular weight excluding hydrogens is 322 g/mol. The van der Waals surface area contributed by atoms with Gasteiger partial charge in [-0.3, -0.25) is 4.79 Å². The van der Waals surface area contributed by atoms with E-state index in [1.165, 1.54) is 5.56 Å². The van der Waals surface area contributed by atoms with Gasteiger partial charge in [0.25, 0.3) is 0 Å². The second-order valence-corrected chi connectivity index (χ2v) is 10.00. The van der Waals surface area contributed by atoms with E-state index in [0.29, 0.717) is 5.56 Å². The van der Waals surface area contributed by atoms with Gasteiger partial charge < -0.3 is 11.1 Å². The molecule has 132 valence electrons. The highest BCUT2D eigenvalue weighted by Crippen LogP contribution is 2.51. The maximum absolute atomic E-state index is 12.8. The van der Waals surface area contributed by atoms with E-state index in [1.54, 1.807) is 6.07 Å². The molecule has 2 aliphatic rings. The molecule has 3 rings (SSSR count). The van der Waals surface area contributed by atoms with Crippen molar-refractivity contribution in [2.24, 2.45) is 11.1 Å². The molecule has 1 aromatic rings. The molecule has 24 heavy (non-hydrogen) atoms. The molecule has 1 amide bonds. The van der Waals surface area contributed by atoms with Crippen LogP contribution in [0.5, 0.6) is 0 Å². The Hall–Kier alpha value is -1.24. The standard InChI is InChI=1S/C18H27N3O2S/c1-17(2,3)24(23)21-15-14-10-12(16(19)22)4-5-13(14)11-18(15)6-8-20-9-7-18/h4-5,10,15,20-21H,6-9,11H2,1-3H3,(H2,19,22)/t15-,24?/m1/s1. The number of nitrogens with one attached hydrogen (secondary N) is 2. The zero-order valence-corrected chi connectivity index (χ0v) is 15.5. The van der Waals surface area contributed by atoms with Gasteiger partial charge in [-0.15, -0.1) is 0 Å². The maximum atomic E-state index is 12.8. The average Bonchev–Trinajstić information content (AvgIpc) is 2.79. The second kappa shape index (κ2) is 6.24. The van der Waals surface area contributed by atoms with Crippen LogP contribution in [0.1, 0.15) is 61.1 Å². The number of fused-ring (bicyclic) bond motifs is 1. The lowest BCUT2D eigenvalue weighted by Crippen LogP contribution is -2.46. The third kappa shape index (κ3) is 3.15. The van der Waals surface area contributed by atoms with E-state index in [0.717, 1.165) is 37.9 Å². The summed E-state index contributed by atoms with van der Waals surface area (Å²) in [7, 11) is -1.17. The zero-order chi connectivity index (χ0) is 17.5. The lowest BCUT2D eigenvalue weighted by Gasteiger charge is -2.40. The van der Waals surface area contributed by atoms with Gasteiger partial charge in [-0.1, -0.05) is 6.07 Å². The van der Waals surface area contributed by atoms with Crippen LogP contribution in [0.15, 0.2) is 18.2 Å². The van der Waals surface area contributed by atoms with Crippen molar-refractivity contribution in [3.8, 4) is 0 Å². The fourth-order valence-electron chi connectivity index (χ4n) is 3.85. The number of piperidine rings is 1. The van der Waals surface area contributed by atoms with E-state index in [-0.39, 0.29) is 16.2 Å². The van der Waals surface area contributed by atoms with Crippen LogP contribution in [-0.4, -0.2) is 28.0 Å². The van der Waals surface area contributed by atoms with E-state index in [2.05, 4.69) is 10.0 Å². The van der Waals surface area contributed by atoms with Gasteiger partial charge in [-0.2, -0.15) is 0 Å². The van der Waals surface area contributed by atoms with Crippen molar-refractivity contribution in [3.05, 3.63) is 34.9 Å². The van der Waals surface area contributed by atoms with Crippen molar-refractivity contribution >= 4 is 16.9 Å². The highest BCUT2D eigenvalue weighted by Gasteiger charge is 2.47. The van der Waals surface area contributed by atoms with Crippen LogP contribution in [0.2, 0.25) is 0 Å². The summed E-state index contributed by atoms with van der Waals surface area (Å²) < 4.78 is 15.8. The van der Waals surface area contributed by atoms with Crippen molar-refractivity contribution in [1.29, 1.82) is 0 Å². The van der Waals surface area contributed by atoms with E-state index in [4.69, 9.17) is 5.73 Å². The predicted octanol–water partition coefficient (Wildman–Crippen LogP) is 1.80. The number of rotatable bonds is 3. The van der Waals surface area contributed by atoms with E-state index in [1.807, 2.05) is 32.9 Å². The number of carbonyl (C=O) groups excluding carboxylic acids is 1. The molecule has 1 aromatic carbocycles. The van der Waals surface area contributed by atoms with E-state index in [9.17, 15) is 9.00 Å². The van der Waals surface area contributed by atoms with Crippen molar-refractivity contribution in [2.45, 2.75) is 50.8 Å². The molecule has 1 aliphatic heterocycles. The Balaban J connectivity index is 2.01. The minimum absolute atomic E-state index is 0.00559. The lowest BCUT2D eigenvalue weighted by molar-refractivity contribution is 0.1000. The average molecular weight is 350 g/mol. The highest BCUT2D eigenvalue weighted by molar-refractivity contribution is 7.84. The lowest BCUT2D eigenvalue weighted by atomic mass is 9.73. The molecule has 5 nitrogen and oxygen atoms in total. The molecule has 1 fully saturated rings. The molecule has 1 aliphatic carbocycles. The number of carbonyl (C=O) groups is 1. The SMILES string of the molecule is CC(C)(C)S(=O)N[C@@H]1c2cc(C(N)=O)ccc2CC12CCNCC2. The summed E-state index contributed by atoms with van der Waals surface area (Å²) in [5, 5.41) is 3.42. The van der Waals surface area contributed by atoms with Crippen molar-refractivity contribution in [3.63, 3.8) is 0 Å². The zero-order valence-electron chi connectivity index (χ0n) is 14.6. The molecule has 4 N–H and O–H groups in total. The van der Waals surface area contributed by atoms with Gasteiger partial charge in [-0.05, 0) is 81.8 Å². The molecule has 1 unspecified atom stereocenters. The summed E-state index contributed by atoms with van der Waals surface area (Å²) in [6.07, 6.45) is 3.03. The van der Waals surface area contributed by atoms with Gasteiger partial charge in [0.2, 0.25) is 5.91 Å². The largest absolute Gasteiger partial charge is 0.366 e. The molecule has 1 spiro atoms. The highest BCUT2D eigenvalue weighted by atomic mass is 32.2. The van der Waals surface area contributed by atoms with Gasteiger partial charge in [0.15, 0.2) is 0 Å². The summed E-state index contributed by atoms with van der Waals surface area (Å²) in [6, 6.07) is 5.71. The fraction of sp³-hybridized carbons (Fsp3) is 0.611. The van der Waals surface area contributed by atoms with Crippen LogP contribution in [0.4, 0.5) is 0 Å². The Morgan fingerprint density at radius 2 is 2.00 bits per heavy atom. The van der Waals surface area contributed by atoms with Crippen molar-refractivity contribution in [2.75, 3.05) is 13.1 Å². The molecule has 6 heteroatoms. The van der Waals surface area contributed by atoms with Crippen LogP contribution in [0, 0.1) is 5.41 Å². The number of nitrogens with two attached hydrogens (primary N) is 1. The number of hydrogen-bond donors (Lipinski definition) is 3. The van der Waals surface area contributed by atoms with Crippen molar-refractivity contribution < 1.29 is 9.00 Å². The molecular formula is C18H27N3O2S. The first-order valence-electron chi connectivity index (χ1n) is 8.54. The van der Waals surface area contributed by atoms with Gasteiger partial charge in [0.1, 0.15) is 0 Å². The molecule has 0 bridgehead atoms. The second-order valence-electron chi connectivity index (χ2n) is 8.00. The Morgan fingerprint density at radius 3 is 2.58 bits per heavy atom. The summed E-state index contributed by atoms with van der Waals surface area (Å²) >= 11 is 0. The van der Waals surface area contributed by atoms with Crippen molar-refractivity contribution in [1.82, 2.24) is 10.0 Å². The molecule has 0 saturated carbocycles. The fourth-order valence-corrected chi connectivity index (χ4v) is 4.80. The van der Waals surface area contributed by atoms with Gasteiger partial charge in [0, 0.05) is 5.56 Å². The quantitative estimate of drug-likeness (QED) is 0.778. The Bertz CT molecular complexity index is 675. The minimum atomic E-state index is -1.17. The first-order valence-corrected chi connectivity index (χ1v) is 9.69. The minimum Gasteiger partial charge on any atom is -0.366 e. The van der Waals surface area contributed by atoms with Crippen LogP contribution in [0.3, 0.4) is 0 Å². The summed E-state index contributed by atoms with van der Waals surface area (Å²) in [5.41, 5.74) is 8.38. The first-order chi connectivity index (χ1) is 11.2. The van der Waals surface area contributed by atoms with Gasteiger partial charge in [0.05, 0.1) is 21.8 Å². The molecule has 1 heterocycles. The number of hydrogen-bond acceptors (Lipinski definition) is 3. The Morgan fingerprint density at radius 1 is 1.33 bits per heavy atom. The van der Waals surface area contributed by atoms with E-state index < -0.39 is 16.9 Å². The van der Waals surface area contributed by atoms with E-state index >= 15 is 0 Å². The third-order valence-corrected chi connectivity index (χ3v) is 6.84. The molecule has 1 saturated heterocycles. The molecule has 0 aromatic heterocycles.